The number of anilines is 4. The zero-order valence-corrected chi connectivity index (χ0v) is 19.7. The molecular formula is C24H21ClFN9O. The summed E-state index contributed by atoms with van der Waals surface area (Å²) in [4.78, 5) is 22.8. The first-order chi connectivity index (χ1) is 17.7. The first-order valence-corrected chi connectivity index (χ1v) is 11.5. The van der Waals surface area contributed by atoms with Crippen molar-refractivity contribution in [3.63, 3.8) is 0 Å². The Morgan fingerprint density at radius 1 is 1.03 bits per heavy atom. The van der Waals surface area contributed by atoms with E-state index in [1.165, 1.54) is 6.21 Å². The molecule has 0 aliphatic carbocycles. The second kappa shape index (κ2) is 11.0. The maximum absolute atomic E-state index is 14.2. The normalized spacial score (nSPS) is 13.7. The molecular weight excluding hydrogens is 485 g/mol. The SMILES string of the molecule is Fc1cnc(N/N=C/c2ccc(Nc3ccc(-c4ncccn4)cc3Cl)cn2)nc1N1CCOCC1. The van der Waals surface area contributed by atoms with Crippen LogP contribution in [0.5, 0.6) is 0 Å². The van der Waals surface area contributed by atoms with E-state index < -0.39 is 5.82 Å². The van der Waals surface area contributed by atoms with Crippen LogP contribution in [0.1, 0.15) is 5.69 Å². The maximum Gasteiger partial charge on any atom is 0.245 e. The van der Waals surface area contributed by atoms with Crippen LogP contribution in [0, 0.1) is 5.82 Å². The molecule has 1 fully saturated rings. The van der Waals surface area contributed by atoms with Crippen LogP contribution >= 0.6 is 11.6 Å². The molecule has 4 aromatic rings. The Balaban J connectivity index is 1.20. The fourth-order valence-corrected chi connectivity index (χ4v) is 3.71. The second-order valence-electron chi connectivity index (χ2n) is 7.70. The Hall–Kier alpha value is -4.22. The topological polar surface area (TPSA) is 113 Å². The van der Waals surface area contributed by atoms with Crippen LogP contribution in [0.15, 0.2) is 66.3 Å². The van der Waals surface area contributed by atoms with Gasteiger partial charge in [0.15, 0.2) is 17.5 Å². The Kier molecular flexibility index (Phi) is 7.20. The third-order valence-corrected chi connectivity index (χ3v) is 5.57. The highest BCUT2D eigenvalue weighted by atomic mass is 35.5. The van der Waals surface area contributed by atoms with Gasteiger partial charge in [-0.05, 0) is 36.4 Å². The van der Waals surface area contributed by atoms with Gasteiger partial charge in [0.25, 0.3) is 0 Å². The Morgan fingerprint density at radius 2 is 1.86 bits per heavy atom. The fourth-order valence-electron chi connectivity index (χ4n) is 3.48. The summed E-state index contributed by atoms with van der Waals surface area (Å²) in [6.45, 7) is 2.19. The van der Waals surface area contributed by atoms with E-state index in [2.05, 4.69) is 40.8 Å². The largest absolute Gasteiger partial charge is 0.378 e. The second-order valence-corrected chi connectivity index (χ2v) is 8.11. The van der Waals surface area contributed by atoms with Crippen LogP contribution in [0.4, 0.5) is 27.5 Å². The molecule has 3 aromatic heterocycles. The summed E-state index contributed by atoms with van der Waals surface area (Å²) in [5, 5.41) is 7.88. The van der Waals surface area contributed by atoms with E-state index in [9.17, 15) is 4.39 Å². The molecule has 182 valence electrons. The number of hydrazone groups is 1. The highest BCUT2D eigenvalue weighted by molar-refractivity contribution is 6.33. The minimum atomic E-state index is -0.487. The number of rotatable bonds is 7. The number of morpholine rings is 1. The summed E-state index contributed by atoms with van der Waals surface area (Å²) in [6, 6.07) is 11.0. The molecule has 0 saturated carbocycles. The van der Waals surface area contributed by atoms with E-state index in [1.807, 2.05) is 23.1 Å². The van der Waals surface area contributed by atoms with Gasteiger partial charge in [0.1, 0.15) is 0 Å². The molecule has 1 aromatic carbocycles. The molecule has 10 nitrogen and oxygen atoms in total. The Bertz CT molecular complexity index is 1350. The zero-order chi connectivity index (χ0) is 24.7. The lowest BCUT2D eigenvalue weighted by molar-refractivity contribution is 0.122. The minimum absolute atomic E-state index is 0.187. The van der Waals surface area contributed by atoms with Gasteiger partial charge in [-0.1, -0.05) is 11.6 Å². The van der Waals surface area contributed by atoms with Crippen molar-refractivity contribution >= 4 is 41.0 Å². The van der Waals surface area contributed by atoms with Crippen molar-refractivity contribution in [2.24, 2.45) is 5.10 Å². The number of nitrogens with zero attached hydrogens (tertiary/aromatic N) is 7. The van der Waals surface area contributed by atoms with Gasteiger partial charge in [0.2, 0.25) is 5.95 Å². The first kappa shape index (κ1) is 23.5. The molecule has 1 aliphatic rings. The van der Waals surface area contributed by atoms with Gasteiger partial charge in [-0.15, -0.1) is 0 Å². The van der Waals surface area contributed by atoms with Crippen LogP contribution in [0.2, 0.25) is 5.02 Å². The van der Waals surface area contributed by atoms with E-state index in [0.717, 1.165) is 23.1 Å². The molecule has 1 saturated heterocycles. The fraction of sp³-hybridized carbons (Fsp3) is 0.167. The van der Waals surface area contributed by atoms with Crippen molar-refractivity contribution < 1.29 is 9.13 Å². The number of aromatic nitrogens is 5. The highest BCUT2D eigenvalue weighted by Gasteiger charge is 2.17. The molecule has 1 aliphatic heterocycles. The van der Waals surface area contributed by atoms with Crippen molar-refractivity contribution in [1.29, 1.82) is 0 Å². The zero-order valence-electron chi connectivity index (χ0n) is 19.0. The van der Waals surface area contributed by atoms with E-state index in [4.69, 9.17) is 16.3 Å². The van der Waals surface area contributed by atoms with Gasteiger partial charge in [-0.2, -0.15) is 10.1 Å². The van der Waals surface area contributed by atoms with Crippen molar-refractivity contribution in [1.82, 2.24) is 24.9 Å². The van der Waals surface area contributed by atoms with E-state index in [0.29, 0.717) is 42.8 Å². The molecule has 0 unspecified atom stereocenters. The smallest absolute Gasteiger partial charge is 0.245 e. The summed E-state index contributed by atoms with van der Waals surface area (Å²) in [5.74, 6) is 0.529. The number of nitrogens with one attached hydrogen (secondary N) is 2. The van der Waals surface area contributed by atoms with Gasteiger partial charge in [-0.3, -0.25) is 4.98 Å². The van der Waals surface area contributed by atoms with E-state index in [1.54, 1.807) is 36.8 Å². The number of pyridine rings is 1. The van der Waals surface area contributed by atoms with Gasteiger partial charge in [-0.25, -0.2) is 24.8 Å². The predicted octanol–water partition coefficient (Wildman–Crippen LogP) is 4.15. The average molecular weight is 506 g/mol. The van der Waals surface area contributed by atoms with Crippen molar-refractivity contribution in [2.75, 3.05) is 41.9 Å². The molecule has 12 heteroatoms. The molecule has 2 N–H and O–H groups in total. The number of hydrogen-bond acceptors (Lipinski definition) is 10. The van der Waals surface area contributed by atoms with Gasteiger partial charge in [0, 0.05) is 31.0 Å². The summed E-state index contributed by atoms with van der Waals surface area (Å²) >= 11 is 6.45. The Labute approximate surface area is 211 Å². The van der Waals surface area contributed by atoms with E-state index >= 15 is 0 Å². The van der Waals surface area contributed by atoms with Gasteiger partial charge in [0.05, 0.1) is 53.9 Å². The Morgan fingerprint density at radius 3 is 2.61 bits per heavy atom. The van der Waals surface area contributed by atoms with Crippen LogP contribution in [-0.4, -0.2) is 57.4 Å². The molecule has 0 amide bonds. The van der Waals surface area contributed by atoms with Crippen molar-refractivity contribution in [3.05, 3.63) is 77.7 Å². The molecule has 4 heterocycles. The number of hydrogen-bond donors (Lipinski definition) is 2. The molecule has 0 spiro atoms. The molecule has 36 heavy (non-hydrogen) atoms. The summed E-state index contributed by atoms with van der Waals surface area (Å²) < 4.78 is 19.5. The quantitative estimate of drug-likeness (QED) is 0.282. The lowest BCUT2D eigenvalue weighted by atomic mass is 10.2. The van der Waals surface area contributed by atoms with Crippen LogP contribution in [0.25, 0.3) is 11.4 Å². The molecule has 0 bridgehead atoms. The molecule has 0 radical (unpaired) electrons. The third-order valence-electron chi connectivity index (χ3n) is 5.26. The monoisotopic (exact) mass is 505 g/mol. The predicted molar refractivity (Wildman–Crippen MR) is 136 cm³/mol. The van der Waals surface area contributed by atoms with Crippen molar-refractivity contribution in [2.45, 2.75) is 0 Å². The van der Waals surface area contributed by atoms with Crippen molar-refractivity contribution in [3.8, 4) is 11.4 Å². The molecule has 0 atom stereocenters. The van der Waals surface area contributed by atoms with Crippen LogP contribution in [-0.2, 0) is 4.74 Å². The standard InChI is InChI=1S/C24H21ClFN9O/c25-19-12-16(22-27-6-1-7-28-22)2-5-21(19)32-18-4-3-17(29-13-18)14-31-34-24-30-15-20(26)23(33-24)35-8-10-36-11-9-35/h1-7,12-15,32H,8-11H2,(H,30,33,34)/b31-14+. The third kappa shape index (κ3) is 5.70. The minimum Gasteiger partial charge on any atom is -0.378 e. The highest BCUT2D eigenvalue weighted by Crippen LogP contribution is 2.29. The lowest BCUT2D eigenvalue weighted by Gasteiger charge is -2.27. The summed E-state index contributed by atoms with van der Waals surface area (Å²) in [7, 11) is 0. The van der Waals surface area contributed by atoms with Gasteiger partial charge >= 0.3 is 0 Å². The molecule has 5 rings (SSSR count). The van der Waals surface area contributed by atoms with Gasteiger partial charge < -0.3 is 15.0 Å². The van der Waals surface area contributed by atoms with E-state index in [-0.39, 0.29) is 11.8 Å². The lowest BCUT2D eigenvalue weighted by Crippen LogP contribution is -2.37. The maximum atomic E-state index is 14.2. The summed E-state index contributed by atoms with van der Waals surface area (Å²) in [5.41, 5.74) is 5.63. The first-order valence-electron chi connectivity index (χ1n) is 11.1. The summed E-state index contributed by atoms with van der Waals surface area (Å²) in [6.07, 6.45) is 7.68. The van der Waals surface area contributed by atoms with Crippen LogP contribution < -0.4 is 15.6 Å². The number of halogens is 2. The number of ether oxygens (including phenoxy) is 1. The van der Waals surface area contributed by atoms with Crippen LogP contribution in [0.3, 0.4) is 0 Å². The number of benzene rings is 1. The average Bonchev–Trinajstić information content (AvgIpc) is 2.93.